The highest BCUT2D eigenvalue weighted by Gasteiger charge is 2.01. The van der Waals surface area contributed by atoms with Gasteiger partial charge in [-0.25, -0.2) is 4.39 Å². The van der Waals surface area contributed by atoms with Gasteiger partial charge >= 0.3 is 0 Å². The van der Waals surface area contributed by atoms with Crippen LogP contribution in [0.3, 0.4) is 0 Å². The zero-order valence-electron chi connectivity index (χ0n) is 9.50. The zero-order chi connectivity index (χ0) is 12.3. The van der Waals surface area contributed by atoms with Crippen molar-refractivity contribution in [3.63, 3.8) is 0 Å². The summed E-state index contributed by atoms with van der Waals surface area (Å²) in [6, 6.07) is 13.2. The van der Waals surface area contributed by atoms with E-state index in [9.17, 15) is 4.39 Å². The number of hydrogen-bond donors (Lipinski definition) is 1. The molecule has 0 unspecified atom stereocenters. The maximum absolute atomic E-state index is 13.5. The molecule has 88 valence electrons. The van der Waals surface area contributed by atoms with Gasteiger partial charge in [-0.3, -0.25) is 0 Å². The second-order valence-electron chi connectivity index (χ2n) is 3.96. The van der Waals surface area contributed by atoms with Gasteiger partial charge in [0, 0.05) is 11.0 Å². The van der Waals surface area contributed by atoms with Gasteiger partial charge in [-0.15, -0.1) is 0 Å². The molecule has 0 saturated carbocycles. The van der Waals surface area contributed by atoms with Crippen LogP contribution in [0.5, 0.6) is 0 Å². The second-order valence-corrected chi connectivity index (χ2v) is 4.88. The predicted molar refractivity (Wildman–Crippen MR) is 72.6 cm³/mol. The van der Waals surface area contributed by atoms with Crippen molar-refractivity contribution in [2.24, 2.45) is 0 Å². The molecule has 17 heavy (non-hydrogen) atoms. The van der Waals surface area contributed by atoms with Gasteiger partial charge in [-0.2, -0.15) is 0 Å². The van der Waals surface area contributed by atoms with Crippen LogP contribution in [0, 0.1) is 12.7 Å². The number of aryl methyl sites for hydroxylation is 1. The first-order valence-corrected chi connectivity index (χ1v) is 6.19. The van der Waals surface area contributed by atoms with Crippen molar-refractivity contribution in [3.05, 3.63) is 63.9 Å². The van der Waals surface area contributed by atoms with Gasteiger partial charge in [0.2, 0.25) is 0 Å². The van der Waals surface area contributed by atoms with Gasteiger partial charge in [0.1, 0.15) is 5.82 Å². The standard InChI is InChI=1S/C14H13BrFN/c1-10-2-4-11(5-3-10)9-17-14-7-6-12(15)8-13(14)16/h2-8,17H,9H2,1H3. The molecule has 2 aromatic carbocycles. The lowest BCUT2D eigenvalue weighted by molar-refractivity contribution is 0.629. The minimum atomic E-state index is -0.244. The Hall–Kier alpha value is -1.35. The summed E-state index contributed by atoms with van der Waals surface area (Å²) in [6.07, 6.45) is 0. The van der Waals surface area contributed by atoms with Crippen LogP contribution in [-0.4, -0.2) is 0 Å². The molecule has 1 N–H and O–H groups in total. The van der Waals surface area contributed by atoms with Crippen LogP contribution in [0.4, 0.5) is 10.1 Å². The summed E-state index contributed by atoms with van der Waals surface area (Å²) in [6.45, 7) is 2.67. The van der Waals surface area contributed by atoms with E-state index in [4.69, 9.17) is 0 Å². The molecule has 0 amide bonds. The van der Waals surface area contributed by atoms with Crippen LogP contribution >= 0.6 is 15.9 Å². The highest BCUT2D eigenvalue weighted by atomic mass is 79.9. The molecule has 0 aliphatic carbocycles. The normalized spacial score (nSPS) is 10.3. The number of hydrogen-bond acceptors (Lipinski definition) is 1. The Bertz CT molecular complexity index is 508. The van der Waals surface area contributed by atoms with E-state index in [1.807, 2.05) is 25.1 Å². The second kappa shape index (κ2) is 5.32. The molecule has 0 aliphatic rings. The Kier molecular flexibility index (Phi) is 3.79. The summed E-state index contributed by atoms with van der Waals surface area (Å²) < 4.78 is 14.3. The Morgan fingerprint density at radius 3 is 2.47 bits per heavy atom. The molecule has 0 saturated heterocycles. The van der Waals surface area contributed by atoms with Gasteiger partial charge in [-0.05, 0) is 30.7 Å². The maximum Gasteiger partial charge on any atom is 0.147 e. The van der Waals surface area contributed by atoms with E-state index in [1.54, 1.807) is 6.07 Å². The van der Waals surface area contributed by atoms with Gasteiger partial charge in [0.05, 0.1) is 5.69 Å². The molecule has 0 aromatic heterocycles. The third-order valence-corrected chi connectivity index (χ3v) is 3.03. The molecule has 0 heterocycles. The van der Waals surface area contributed by atoms with Crippen LogP contribution in [0.25, 0.3) is 0 Å². The van der Waals surface area contributed by atoms with Crippen LogP contribution in [0.15, 0.2) is 46.9 Å². The molecular formula is C14H13BrFN. The SMILES string of the molecule is Cc1ccc(CNc2ccc(Br)cc2F)cc1. The van der Waals surface area contributed by atoms with Crippen LogP contribution < -0.4 is 5.32 Å². The van der Waals surface area contributed by atoms with Gasteiger partial charge in [0.25, 0.3) is 0 Å². The van der Waals surface area contributed by atoms with E-state index in [0.717, 1.165) is 10.0 Å². The van der Waals surface area contributed by atoms with E-state index in [2.05, 4.69) is 33.4 Å². The van der Waals surface area contributed by atoms with Gasteiger partial charge < -0.3 is 5.32 Å². The lowest BCUT2D eigenvalue weighted by atomic mass is 10.1. The summed E-state index contributed by atoms with van der Waals surface area (Å²) in [5.41, 5.74) is 2.88. The molecule has 0 fully saturated rings. The highest BCUT2D eigenvalue weighted by Crippen LogP contribution is 2.19. The van der Waals surface area contributed by atoms with Crippen molar-refractivity contribution < 1.29 is 4.39 Å². The van der Waals surface area contributed by atoms with Crippen molar-refractivity contribution in [1.82, 2.24) is 0 Å². The molecule has 0 spiro atoms. The van der Waals surface area contributed by atoms with Crippen LogP contribution in [0.1, 0.15) is 11.1 Å². The van der Waals surface area contributed by atoms with Crippen LogP contribution in [0.2, 0.25) is 0 Å². The fourth-order valence-electron chi connectivity index (χ4n) is 1.54. The molecule has 2 aromatic rings. The molecular weight excluding hydrogens is 281 g/mol. The third kappa shape index (κ3) is 3.30. The molecule has 1 nitrogen and oxygen atoms in total. The average Bonchev–Trinajstić information content (AvgIpc) is 2.30. The maximum atomic E-state index is 13.5. The predicted octanol–water partition coefficient (Wildman–Crippen LogP) is 4.51. The van der Waals surface area contributed by atoms with E-state index < -0.39 is 0 Å². The number of benzene rings is 2. The Labute approximate surface area is 109 Å². The number of nitrogens with one attached hydrogen (secondary N) is 1. The lowest BCUT2D eigenvalue weighted by Crippen LogP contribution is -2.01. The summed E-state index contributed by atoms with van der Waals surface area (Å²) >= 11 is 3.23. The topological polar surface area (TPSA) is 12.0 Å². The van der Waals surface area contributed by atoms with Crippen molar-refractivity contribution in [3.8, 4) is 0 Å². The minimum absolute atomic E-state index is 0.244. The zero-order valence-corrected chi connectivity index (χ0v) is 11.1. The first-order chi connectivity index (χ1) is 8.15. The Morgan fingerprint density at radius 2 is 1.82 bits per heavy atom. The molecule has 3 heteroatoms. The van der Waals surface area contributed by atoms with Crippen molar-refractivity contribution in [2.45, 2.75) is 13.5 Å². The smallest absolute Gasteiger partial charge is 0.147 e. The van der Waals surface area contributed by atoms with E-state index in [-0.39, 0.29) is 5.82 Å². The average molecular weight is 294 g/mol. The number of anilines is 1. The number of rotatable bonds is 3. The summed E-state index contributed by atoms with van der Waals surface area (Å²) in [5.74, 6) is -0.244. The fraction of sp³-hybridized carbons (Fsp3) is 0.143. The molecule has 0 bridgehead atoms. The van der Waals surface area contributed by atoms with E-state index in [0.29, 0.717) is 12.2 Å². The minimum Gasteiger partial charge on any atom is -0.379 e. The van der Waals surface area contributed by atoms with E-state index >= 15 is 0 Å². The number of halogens is 2. The van der Waals surface area contributed by atoms with Crippen molar-refractivity contribution in [1.29, 1.82) is 0 Å². The van der Waals surface area contributed by atoms with Crippen LogP contribution in [-0.2, 0) is 6.54 Å². The Balaban J connectivity index is 2.04. The summed E-state index contributed by atoms with van der Waals surface area (Å²) in [7, 11) is 0. The molecule has 0 radical (unpaired) electrons. The lowest BCUT2D eigenvalue weighted by Gasteiger charge is -2.08. The van der Waals surface area contributed by atoms with Gasteiger partial charge in [0.15, 0.2) is 0 Å². The van der Waals surface area contributed by atoms with Crippen molar-refractivity contribution >= 4 is 21.6 Å². The quantitative estimate of drug-likeness (QED) is 0.878. The summed E-state index contributed by atoms with van der Waals surface area (Å²) in [5, 5.41) is 3.08. The molecule has 0 aliphatic heterocycles. The monoisotopic (exact) mass is 293 g/mol. The van der Waals surface area contributed by atoms with Gasteiger partial charge in [-0.1, -0.05) is 45.8 Å². The van der Waals surface area contributed by atoms with Crippen molar-refractivity contribution in [2.75, 3.05) is 5.32 Å². The van der Waals surface area contributed by atoms with E-state index in [1.165, 1.54) is 11.6 Å². The molecule has 0 atom stereocenters. The largest absolute Gasteiger partial charge is 0.379 e. The summed E-state index contributed by atoms with van der Waals surface area (Å²) in [4.78, 5) is 0. The Morgan fingerprint density at radius 1 is 1.12 bits per heavy atom. The highest BCUT2D eigenvalue weighted by molar-refractivity contribution is 9.10. The first-order valence-electron chi connectivity index (χ1n) is 5.39. The third-order valence-electron chi connectivity index (χ3n) is 2.53. The first kappa shape index (κ1) is 12.1. The fourth-order valence-corrected chi connectivity index (χ4v) is 1.87. The molecule has 2 rings (SSSR count).